The Kier molecular flexibility index (Phi) is 8.62. The minimum absolute atomic E-state index is 0.537. The largest absolute Gasteiger partial charge is 0.481 e. The summed E-state index contributed by atoms with van der Waals surface area (Å²) in [6.07, 6.45) is 15.8. The molecule has 0 bridgehead atoms. The van der Waals surface area contributed by atoms with Gasteiger partial charge in [-0.25, -0.2) is 0 Å². The first-order valence-electron chi connectivity index (χ1n) is 11.5. The highest BCUT2D eigenvalue weighted by atomic mass is 16.4. The number of aliphatic carboxylic acids is 2. The summed E-state index contributed by atoms with van der Waals surface area (Å²) in [5.74, 6) is -1.13. The molecule has 0 aliphatic heterocycles. The van der Waals surface area contributed by atoms with Crippen LogP contribution >= 0.6 is 0 Å². The van der Waals surface area contributed by atoms with Crippen molar-refractivity contribution >= 4 is 11.9 Å². The van der Waals surface area contributed by atoms with Crippen molar-refractivity contribution in [2.75, 3.05) is 0 Å². The lowest BCUT2D eigenvalue weighted by Crippen LogP contribution is -2.53. The molecule has 2 atom stereocenters. The van der Waals surface area contributed by atoms with Crippen LogP contribution in [0.5, 0.6) is 0 Å². The van der Waals surface area contributed by atoms with Gasteiger partial charge in [-0.2, -0.15) is 0 Å². The van der Waals surface area contributed by atoms with Gasteiger partial charge in [0.05, 0.1) is 10.8 Å². The maximum Gasteiger partial charge on any atom is 0.310 e. The smallest absolute Gasteiger partial charge is 0.310 e. The van der Waals surface area contributed by atoms with Crippen LogP contribution in [0, 0.1) is 16.7 Å². The Morgan fingerprint density at radius 1 is 0.741 bits per heavy atom. The van der Waals surface area contributed by atoms with E-state index in [0.29, 0.717) is 31.6 Å². The average molecular weight is 381 g/mol. The third-order valence-electron chi connectivity index (χ3n) is 7.60. The van der Waals surface area contributed by atoms with E-state index in [1.165, 1.54) is 32.1 Å². The van der Waals surface area contributed by atoms with Crippen molar-refractivity contribution in [3.63, 3.8) is 0 Å². The molecule has 2 saturated carbocycles. The van der Waals surface area contributed by atoms with Crippen molar-refractivity contribution in [2.24, 2.45) is 16.7 Å². The lowest BCUT2D eigenvalue weighted by atomic mass is 9.53. The van der Waals surface area contributed by atoms with Gasteiger partial charge in [0.25, 0.3) is 0 Å². The standard InChI is InChI=1S/C23H40O4/c1-2-3-7-12-19-13-8-11-17-23(18-14-19,21(26)27)22(20(24)25)15-9-5-4-6-10-16-22/h19H,2-18H2,1H3,(H,24,25)(H,26,27). The van der Waals surface area contributed by atoms with Gasteiger partial charge in [0.1, 0.15) is 0 Å². The molecule has 0 amide bonds. The number of unbranched alkanes of at least 4 members (excludes halogenated alkanes) is 2. The van der Waals surface area contributed by atoms with Crippen molar-refractivity contribution in [1.29, 1.82) is 0 Å². The normalized spacial score (nSPS) is 29.7. The Labute approximate surface area is 165 Å². The summed E-state index contributed by atoms with van der Waals surface area (Å²) >= 11 is 0. The fourth-order valence-electron chi connectivity index (χ4n) is 5.85. The zero-order valence-corrected chi connectivity index (χ0v) is 17.3. The first-order valence-corrected chi connectivity index (χ1v) is 11.5. The Bertz CT molecular complexity index is 479. The molecule has 0 aromatic rings. The molecule has 0 saturated heterocycles. The van der Waals surface area contributed by atoms with E-state index < -0.39 is 22.8 Å². The van der Waals surface area contributed by atoms with Crippen molar-refractivity contribution in [1.82, 2.24) is 0 Å². The minimum Gasteiger partial charge on any atom is -0.481 e. The van der Waals surface area contributed by atoms with Gasteiger partial charge < -0.3 is 10.2 Å². The van der Waals surface area contributed by atoms with E-state index in [4.69, 9.17) is 0 Å². The summed E-state index contributed by atoms with van der Waals surface area (Å²) in [7, 11) is 0. The maximum atomic E-state index is 12.7. The second kappa shape index (κ2) is 10.5. The fourth-order valence-corrected chi connectivity index (χ4v) is 5.85. The van der Waals surface area contributed by atoms with Gasteiger partial charge in [0, 0.05) is 0 Å². The molecule has 4 nitrogen and oxygen atoms in total. The third-order valence-corrected chi connectivity index (χ3v) is 7.60. The predicted octanol–water partition coefficient (Wildman–Crippen LogP) is 6.42. The van der Waals surface area contributed by atoms with Crippen LogP contribution in [0.25, 0.3) is 0 Å². The van der Waals surface area contributed by atoms with E-state index in [0.717, 1.165) is 51.4 Å². The topological polar surface area (TPSA) is 74.6 Å². The molecule has 27 heavy (non-hydrogen) atoms. The Balaban J connectivity index is 2.28. The molecule has 2 unspecified atom stereocenters. The van der Waals surface area contributed by atoms with Crippen LogP contribution in [0.2, 0.25) is 0 Å². The van der Waals surface area contributed by atoms with E-state index in [1.807, 2.05) is 0 Å². The molecule has 0 radical (unpaired) electrons. The molecule has 2 aliphatic rings. The molecule has 156 valence electrons. The second-order valence-electron chi connectivity index (χ2n) is 9.19. The molecular formula is C23H40O4. The number of hydrogen-bond acceptors (Lipinski definition) is 2. The van der Waals surface area contributed by atoms with Crippen LogP contribution in [0.15, 0.2) is 0 Å². The van der Waals surface area contributed by atoms with Crippen molar-refractivity contribution in [2.45, 2.75) is 116 Å². The first-order chi connectivity index (χ1) is 13.0. The van der Waals surface area contributed by atoms with Crippen LogP contribution in [-0.4, -0.2) is 22.2 Å². The maximum absolute atomic E-state index is 12.7. The van der Waals surface area contributed by atoms with Gasteiger partial charge in [-0.1, -0.05) is 84.0 Å². The first kappa shape index (κ1) is 22.2. The monoisotopic (exact) mass is 380 g/mol. The zero-order valence-electron chi connectivity index (χ0n) is 17.3. The number of hydrogen-bond donors (Lipinski definition) is 2. The van der Waals surface area contributed by atoms with E-state index >= 15 is 0 Å². The van der Waals surface area contributed by atoms with Gasteiger partial charge in [0.2, 0.25) is 0 Å². The molecule has 0 heterocycles. The van der Waals surface area contributed by atoms with E-state index in [9.17, 15) is 19.8 Å². The molecule has 0 aromatic carbocycles. The molecule has 0 spiro atoms. The number of carboxylic acid groups (broad SMARTS) is 2. The SMILES string of the molecule is CCCCCC1CCCCC(C(=O)O)(C2(C(=O)O)CCCCCCC2)CC1. The number of carbonyl (C=O) groups is 2. The predicted molar refractivity (Wildman–Crippen MR) is 108 cm³/mol. The Morgan fingerprint density at radius 2 is 1.26 bits per heavy atom. The zero-order chi connectivity index (χ0) is 19.8. The van der Waals surface area contributed by atoms with Crippen molar-refractivity contribution in [3.8, 4) is 0 Å². The molecule has 2 fully saturated rings. The van der Waals surface area contributed by atoms with Gasteiger partial charge in [-0.15, -0.1) is 0 Å². The molecular weight excluding hydrogens is 340 g/mol. The highest BCUT2D eigenvalue weighted by molar-refractivity contribution is 5.86. The molecule has 0 aromatic heterocycles. The van der Waals surface area contributed by atoms with Gasteiger partial charge in [0.15, 0.2) is 0 Å². The van der Waals surface area contributed by atoms with Crippen LogP contribution in [0.4, 0.5) is 0 Å². The second-order valence-corrected chi connectivity index (χ2v) is 9.19. The summed E-state index contributed by atoms with van der Waals surface area (Å²) in [6, 6.07) is 0. The highest BCUT2D eigenvalue weighted by Crippen LogP contribution is 2.56. The summed E-state index contributed by atoms with van der Waals surface area (Å²) in [5.41, 5.74) is -2.16. The van der Waals surface area contributed by atoms with Crippen LogP contribution < -0.4 is 0 Å². The summed E-state index contributed by atoms with van der Waals surface area (Å²) < 4.78 is 0. The van der Waals surface area contributed by atoms with Gasteiger partial charge in [-0.05, 0) is 38.0 Å². The number of carboxylic acids is 2. The molecule has 4 heteroatoms. The van der Waals surface area contributed by atoms with Gasteiger partial charge in [-0.3, -0.25) is 9.59 Å². The lowest BCUT2D eigenvalue weighted by molar-refractivity contribution is -0.180. The summed E-state index contributed by atoms with van der Waals surface area (Å²) in [4.78, 5) is 25.2. The van der Waals surface area contributed by atoms with Gasteiger partial charge >= 0.3 is 11.9 Å². The Morgan fingerprint density at radius 3 is 1.81 bits per heavy atom. The molecule has 2 N–H and O–H groups in total. The third kappa shape index (κ3) is 5.06. The van der Waals surface area contributed by atoms with Crippen molar-refractivity contribution in [3.05, 3.63) is 0 Å². The van der Waals surface area contributed by atoms with Crippen molar-refractivity contribution < 1.29 is 19.8 Å². The molecule has 2 aliphatic carbocycles. The molecule has 2 rings (SSSR count). The van der Waals surface area contributed by atoms with Crippen LogP contribution in [-0.2, 0) is 9.59 Å². The fraction of sp³-hybridized carbons (Fsp3) is 0.913. The van der Waals surface area contributed by atoms with E-state index in [-0.39, 0.29) is 0 Å². The number of rotatable bonds is 7. The summed E-state index contributed by atoms with van der Waals surface area (Å²) in [6.45, 7) is 2.21. The van der Waals surface area contributed by atoms with Crippen LogP contribution in [0.1, 0.15) is 116 Å². The average Bonchev–Trinajstić information content (AvgIpc) is 2.58. The van der Waals surface area contributed by atoms with Crippen LogP contribution in [0.3, 0.4) is 0 Å². The van der Waals surface area contributed by atoms with E-state index in [1.54, 1.807) is 0 Å². The quantitative estimate of drug-likeness (QED) is 0.499. The minimum atomic E-state index is -1.08. The highest BCUT2D eigenvalue weighted by Gasteiger charge is 2.60. The summed E-state index contributed by atoms with van der Waals surface area (Å²) in [5, 5.41) is 20.7. The lowest BCUT2D eigenvalue weighted by Gasteiger charge is -2.47. The Hall–Kier alpha value is -1.06. The van der Waals surface area contributed by atoms with E-state index in [2.05, 4.69) is 6.92 Å².